The molecule has 1 aromatic heterocycles. The minimum absolute atomic E-state index is 0.0934. The highest BCUT2D eigenvalue weighted by molar-refractivity contribution is 5.79. The Labute approximate surface area is 156 Å². The molecule has 1 N–H and O–H groups in total. The van der Waals surface area contributed by atoms with Crippen molar-refractivity contribution in [2.24, 2.45) is 11.8 Å². The molecule has 26 heavy (non-hydrogen) atoms. The van der Waals surface area contributed by atoms with Crippen molar-refractivity contribution in [1.82, 2.24) is 15.2 Å². The van der Waals surface area contributed by atoms with Crippen LogP contribution in [0.25, 0.3) is 0 Å². The molecule has 1 amide bonds. The minimum atomic E-state index is 0.0934. The summed E-state index contributed by atoms with van der Waals surface area (Å²) in [5.41, 5.74) is 2.24. The number of aryl methyl sites for hydroxylation is 1. The van der Waals surface area contributed by atoms with Crippen molar-refractivity contribution >= 4 is 5.91 Å². The lowest BCUT2D eigenvalue weighted by Crippen LogP contribution is -2.47. The lowest BCUT2D eigenvalue weighted by molar-refractivity contribution is -0.127. The fourth-order valence-electron chi connectivity index (χ4n) is 4.44. The van der Waals surface area contributed by atoms with E-state index in [2.05, 4.69) is 28.2 Å². The van der Waals surface area contributed by atoms with Crippen LogP contribution in [0.1, 0.15) is 55.8 Å². The molecule has 1 atom stereocenters. The van der Waals surface area contributed by atoms with E-state index in [9.17, 15) is 4.79 Å². The average molecular weight is 357 g/mol. The van der Waals surface area contributed by atoms with E-state index in [0.717, 1.165) is 57.7 Å². The summed E-state index contributed by atoms with van der Waals surface area (Å²) in [7, 11) is 0. The van der Waals surface area contributed by atoms with Gasteiger partial charge in [0, 0.05) is 31.4 Å². The van der Waals surface area contributed by atoms with Gasteiger partial charge < -0.3 is 15.0 Å². The molecule has 0 bridgehead atoms. The lowest BCUT2D eigenvalue weighted by atomic mass is 9.92. The van der Waals surface area contributed by atoms with Crippen LogP contribution in [-0.4, -0.2) is 48.1 Å². The van der Waals surface area contributed by atoms with E-state index in [1.165, 1.54) is 18.4 Å². The number of piperidine rings is 1. The summed E-state index contributed by atoms with van der Waals surface area (Å²) in [6, 6.07) is 4.89. The van der Waals surface area contributed by atoms with E-state index in [1.54, 1.807) is 0 Å². The van der Waals surface area contributed by atoms with Gasteiger partial charge >= 0.3 is 0 Å². The van der Waals surface area contributed by atoms with E-state index in [-0.39, 0.29) is 17.9 Å². The third-order valence-electron chi connectivity index (χ3n) is 6.25. The van der Waals surface area contributed by atoms with Gasteiger partial charge in [-0.2, -0.15) is 0 Å². The third kappa shape index (κ3) is 4.26. The second kappa shape index (κ2) is 8.05. The van der Waals surface area contributed by atoms with Crippen molar-refractivity contribution in [3.8, 4) is 0 Å². The highest BCUT2D eigenvalue weighted by Crippen LogP contribution is 2.41. The fourth-order valence-corrected chi connectivity index (χ4v) is 4.44. The number of hydrogen-bond acceptors (Lipinski definition) is 4. The summed E-state index contributed by atoms with van der Waals surface area (Å²) in [5, 5.41) is 3.35. The van der Waals surface area contributed by atoms with E-state index in [0.29, 0.717) is 12.0 Å². The number of pyridine rings is 1. The molecule has 1 saturated carbocycles. The summed E-state index contributed by atoms with van der Waals surface area (Å²) < 4.78 is 5.48. The Balaban J connectivity index is 1.33. The maximum absolute atomic E-state index is 12.9. The zero-order chi connectivity index (χ0) is 17.9. The predicted molar refractivity (Wildman–Crippen MR) is 101 cm³/mol. The molecular formula is C21H31N3O2. The van der Waals surface area contributed by atoms with E-state index in [4.69, 9.17) is 4.74 Å². The van der Waals surface area contributed by atoms with Gasteiger partial charge in [-0.25, -0.2) is 0 Å². The number of rotatable bonds is 5. The van der Waals surface area contributed by atoms with Gasteiger partial charge in [0.05, 0.1) is 11.7 Å². The Hall–Kier alpha value is -1.46. The summed E-state index contributed by atoms with van der Waals surface area (Å²) in [6.45, 7) is 5.94. The van der Waals surface area contributed by atoms with Crippen LogP contribution in [0, 0.1) is 18.8 Å². The first-order valence-corrected chi connectivity index (χ1v) is 10.3. The molecule has 5 heteroatoms. The molecule has 3 fully saturated rings. The number of hydrogen-bond donors (Lipinski definition) is 1. The summed E-state index contributed by atoms with van der Waals surface area (Å²) in [5.74, 6) is 0.949. The number of carbonyl (C=O) groups is 1. The van der Waals surface area contributed by atoms with Gasteiger partial charge in [-0.1, -0.05) is 0 Å². The van der Waals surface area contributed by atoms with Crippen molar-refractivity contribution in [1.29, 1.82) is 0 Å². The smallest absolute Gasteiger partial charge is 0.223 e. The molecule has 3 heterocycles. The van der Waals surface area contributed by atoms with Crippen molar-refractivity contribution in [2.45, 2.75) is 57.5 Å². The number of carbonyl (C=O) groups excluding carboxylic acids is 1. The van der Waals surface area contributed by atoms with Gasteiger partial charge in [0.15, 0.2) is 0 Å². The van der Waals surface area contributed by atoms with Gasteiger partial charge in [0.25, 0.3) is 0 Å². The molecule has 2 aliphatic heterocycles. The molecule has 2 saturated heterocycles. The number of nitrogens with zero attached hydrogens (tertiary/aromatic N) is 2. The second-order valence-electron chi connectivity index (χ2n) is 8.24. The van der Waals surface area contributed by atoms with Crippen molar-refractivity contribution in [3.05, 3.63) is 29.6 Å². The van der Waals surface area contributed by atoms with Gasteiger partial charge in [-0.15, -0.1) is 0 Å². The first-order chi connectivity index (χ1) is 12.7. The SMILES string of the molecule is Cc1ccnc(C(NC(=O)C2CCN(C3CCOCC3)CC2)C2CC2)c1. The van der Waals surface area contributed by atoms with Crippen LogP contribution in [0.15, 0.2) is 18.3 Å². The van der Waals surface area contributed by atoms with Crippen LogP contribution in [0.4, 0.5) is 0 Å². The normalized spacial score (nSPS) is 24.3. The summed E-state index contributed by atoms with van der Waals surface area (Å²) >= 11 is 0. The Morgan fingerprint density at radius 2 is 1.92 bits per heavy atom. The second-order valence-corrected chi connectivity index (χ2v) is 8.24. The van der Waals surface area contributed by atoms with Gasteiger partial charge in [-0.05, 0) is 82.2 Å². The summed E-state index contributed by atoms with van der Waals surface area (Å²) in [6.07, 6.45) is 8.48. The largest absolute Gasteiger partial charge is 0.381 e. The predicted octanol–water partition coefficient (Wildman–Crippen LogP) is 2.85. The molecule has 0 aromatic carbocycles. The third-order valence-corrected chi connectivity index (χ3v) is 6.25. The summed E-state index contributed by atoms with van der Waals surface area (Å²) in [4.78, 5) is 20.0. The van der Waals surface area contributed by atoms with Crippen LogP contribution in [-0.2, 0) is 9.53 Å². The Morgan fingerprint density at radius 1 is 1.19 bits per heavy atom. The average Bonchev–Trinajstić information content (AvgIpc) is 3.52. The lowest BCUT2D eigenvalue weighted by Gasteiger charge is -2.39. The van der Waals surface area contributed by atoms with Crippen molar-refractivity contribution in [3.63, 3.8) is 0 Å². The monoisotopic (exact) mass is 357 g/mol. The van der Waals surface area contributed by atoms with Crippen molar-refractivity contribution < 1.29 is 9.53 Å². The number of amides is 1. The molecule has 0 spiro atoms. The zero-order valence-electron chi connectivity index (χ0n) is 15.8. The minimum Gasteiger partial charge on any atom is -0.381 e. The molecule has 5 nitrogen and oxygen atoms in total. The van der Waals surface area contributed by atoms with Gasteiger partial charge in [0.2, 0.25) is 5.91 Å². The molecule has 3 aliphatic rings. The molecule has 1 aromatic rings. The number of aromatic nitrogens is 1. The molecular weight excluding hydrogens is 326 g/mol. The Bertz CT molecular complexity index is 617. The van der Waals surface area contributed by atoms with Crippen LogP contribution in [0.3, 0.4) is 0 Å². The van der Waals surface area contributed by atoms with E-state index in [1.807, 2.05) is 12.3 Å². The topological polar surface area (TPSA) is 54.5 Å². The maximum Gasteiger partial charge on any atom is 0.223 e. The van der Waals surface area contributed by atoms with Crippen molar-refractivity contribution in [2.75, 3.05) is 26.3 Å². The molecule has 1 aliphatic carbocycles. The number of likely N-dealkylation sites (tertiary alicyclic amines) is 1. The first kappa shape index (κ1) is 17.9. The Morgan fingerprint density at radius 3 is 2.58 bits per heavy atom. The molecule has 4 rings (SSSR count). The molecule has 142 valence electrons. The number of nitrogens with one attached hydrogen (secondary N) is 1. The van der Waals surface area contributed by atoms with Gasteiger partial charge in [0.1, 0.15) is 0 Å². The number of ether oxygens (including phenoxy) is 1. The van der Waals surface area contributed by atoms with Crippen LogP contribution in [0.2, 0.25) is 0 Å². The van der Waals surface area contributed by atoms with Crippen LogP contribution in [0.5, 0.6) is 0 Å². The standard InChI is InChI=1S/C21H31N3O2/c1-15-4-9-22-19(14-15)20(16-2-3-16)23-21(25)17-5-10-24(11-6-17)18-7-12-26-13-8-18/h4,9,14,16-18,20H,2-3,5-8,10-13H2,1H3,(H,23,25). The first-order valence-electron chi connectivity index (χ1n) is 10.3. The zero-order valence-corrected chi connectivity index (χ0v) is 15.8. The Kier molecular flexibility index (Phi) is 5.55. The van der Waals surface area contributed by atoms with Crippen LogP contribution >= 0.6 is 0 Å². The van der Waals surface area contributed by atoms with Gasteiger partial charge in [-0.3, -0.25) is 9.78 Å². The highest BCUT2D eigenvalue weighted by Gasteiger charge is 2.36. The van der Waals surface area contributed by atoms with Crippen LogP contribution < -0.4 is 5.32 Å². The molecule has 1 unspecified atom stereocenters. The fraction of sp³-hybridized carbons (Fsp3) is 0.714. The maximum atomic E-state index is 12.9. The molecule has 0 radical (unpaired) electrons. The van der Waals surface area contributed by atoms with E-state index >= 15 is 0 Å². The quantitative estimate of drug-likeness (QED) is 0.880. The van der Waals surface area contributed by atoms with E-state index < -0.39 is 0 Å². The highest BCUT2D eigenvalue weighted by atomic mass is 16.5.